The average Bonchev–Trinajstić information content (AvgIpc) is 2.74. The highest BCUT2D eigenvalue weighted by atomic mass is 16.6. The molecule has 21 heavy (non-hydrogen) atoms. The SMILES string of the molecule is CCOC(=O)c1c(C)nc(-c2cccc([N+](=O)[O-])c2)n1O. The van der Waals surface area contributed by atoms with Crippen molar-refractivity contribution in [3.63, 3.8) is 0 Å². The van der Waals surface area contributed by atoms with Crippen LogP contribution in [0.25, 0.3) is 11.4 Å². The Kier molecular flexibility index (Phi) is 3.88. The third-order valence-corrected chi connectivity index (χ3v) is 2.81. The van der Waals surface area contributed by atoms with Gasteiger partial charge in [-0.25, -0.2) is 9.78 Å². The minimum Gasteiger partial charge on any atom is -0.461 e. The third-order valence-electron chi connectivity index (χ3n) is 2.81. The number of ether oxygens (including phenoxy) is 1. The van der Waals surface area contributed by atoms with E-state index in [1.165, 1.54) is 18.2 Å². The summed E-state index contributed by atoms with van der Waals surface area (Å²) < 4.78 is 5.42. The van der Waals surface area contributed by atoms with Gasteiger partial charge in [-0.2, -0.15) is 4.73 Å². The van der Waals surface area contributed by atoms with Crippen molar-refractivity contribution in [3.05, 3.63) is 45.8 Å². The van der Waals surface area contributed by atoms with Gasteiger partial charge in [-0.05, 0) is 13.8 Å². The summed E-state index contributed by atoms with van der Waals surface area (Å²) in [7, 11) is 0. The van der Waals surface area contributed by atoms with Gasteiger partial charge in [0, 0.05) is 17.7 Å². The summed E-state index contributed by atoms with van der Waals surface area (Å²) in [4.78, 5) is 26.1. The lowest BCUT2D eigenvalue weighted by Gasteiger charge is -2.04. The van der Waals surface area contributed by atoms with E-state index in [9.17, 15) is 20.1 Å². The van der Waals surface area contributed by atoms with E-state index in [1.54, 1.807) is 19.9 Å². The monoisotopic (exact) mass is 291 g/mol. The zero-order chi connectivity index (χ0) is 15.6. The summed E-state index contributed by atoms with van der Waals surface area (Å²) >= 11 is 0. The Morgan fingerprint density at radius 3 is 2.86 bits per heavy atom. The van der Waals surface area contributed by atoms with Gasteiger partial charge < -0.3 is 9.94 Å². The Balaban J connectivity index is 2.51. The quantitative estimate of drug-likeness (QED) is 0.400. The van der Waals surface area contributed by atoms with Crippen LogP contribution in [-0.4, -0.2) is 32.4 Å². The van der Waals surface area contributed by atoms with Gasteiger partial charge in [-0.3, -0.25) is 10.1 Å². The molecule has 0 bridgehead atoms. The largest absolute Gasteiger partial charge is 0.461 e. The number of carbonyl (C=O) groups is 1. The molecule has 1 aromatic heterocycles. The van der Waals surface area contributed by atoms with Crippen LogP contribution >= 0.6 is 0 Å². The Morgan fingerprint density at radius 1 is 1.52 bits per heavy atom. The number of imidazole rings is 1. The molecule has 1 heterocycles. The van der Waals surface area contributed by atoms with E-state index in [0.717, 1.165) is 0 Å². The molecule has 1 N–H and O–H groups in total. The molecule has 0 spiro atoms. The molecule has 0 aliphatic heterocycles. The lowest BCUT2D eigenvalue weighted by atomic mass is 10.2. The summed E-state index contributed by atoms with van der Waals surface area (Å²) in [6, 6.07) is 5.62. The van der Waals surface area contributed by atoms with Crippen molar-refractivity contribution in [2.75, 3.05) is 6.61 Å². The van der Waals surface area contributed by atoms with Gasteiger partial charge >= 0.3 is 5.97 Å². The smallest absolute Gasteiger partial charge is 0.360 e. The molecule has 2 rings (SSSR count). The number of rotatable bonds is 4. The van der Waals surface area contributed by atoms with Crippen LogP contribution in [0.15, 0.2) is 24.3 Å². The normalized spacial score (nSPS) is 10.4. The lowest BCUT2D eigenvalue weighted by Crippen LogP contribution is -2.12. The molecular weight excluding hydrogens is 278 g/mol. The molecule has 0 aliphatic carbocycles. The highest BCUT2D eigenvalue weighted by molar-refractivity contribution is 5.89. The lowest BCUT2D eigenvalue weighted by molar-refractivity contribution is -0.384. The van der Waals surface area contributed by atoms with Crippen LogP contribution in [0, 0.1) is 17.0 Å². The molecule has 2 aromatic rings. The maximum atomic E-state index is 11.8. The van der Waals surface area contributed by atoms with E-state index in [-0.39, 0.29) is 29.5 Å². The minimum absolute atomic E-state index is 0.0410. The first kappa shape index (κ1) is 14.5. The first-order valence-corrected chi connectivity index (χ1v) is 6.16. The van der Waals surface area contributed by atoms with E-state index in [2.05, 4.69) is 4.98 Å². The van der Waals surface area contributed by atoms with Crippen LogP contribution in [-0.2, 0) is 4.74 Å². The van der Waals surface area contributed by atoms with Crippen LogP contribution in [0.2, 0.25) is 0 Å². The molecule has 0 unspecified atom stereocenters. The second kappa shape index (κ2) is 5.61. The van der Waals surface area contributed by atoms with E-state index in [1.807, 2.05) is 0 Å². The molecule has 1 aromatic carbocycles. The van der Waals surface area contributed by atoms with Crippen molar-refractivity contribution in [3.8, 4) is 11.4 Å². The van der Waals surface area contributed by atoms with E-state index < -0.39 is 10.9 Å². The Labute approximate surface area is 119 Å². The fourth-order valence-corrected chi connectivity index (χ4v) is 1.90. The zero-order valence-electron chi connectivity index (χ0n) is 11.4. The second-order valence-electron chi connectivity index (χ2n) is 4.21. The van der Waals surface area contributed by atoms with Crippen molar-refractivity contribution in [1.29, 1.82) is 0 Å². The fraction of sp³-hybridized carbons (Fsp3) is 0.231. The van der Waals surface area contributed by atoms with Gasteiger partial charge in [0.05, 0.1) is 17.2 Å². The summed E-state index contributed by atoms with van der Waals surface area (Å²) in [6.45, 7) is 3.35. The van der Waals surface area contributed by atoms with Gasteiger partial charge in [-0.1, -0.05) is 12.1 Å². The zero-order valence-corrected chi connectivity index (χ0v) is 11.4. The summed E-state index contributed by atoms with van der Waals surface area (Å²) in [5.41, 5.74) is 0.368. The topological polar surface area (TPSA) is 107 Å². The molecular formula is C13H13N3O5. The number of carbonyl (C=O) groups excluding carboxylic acids is 1. The summed E-state index contributed by atoms with van der Waals surface area (Å²) in [5.74, 6) is -0.666. The van der Waals surface area contributed by atoms with E-state index >= 15 is 0 Å². The molecule has 0 atom stereocenters. The highest BCUT2D eigenvalue weighted by Gasteiger charge is 2.23. The molecule has 0 aliphatic rings. The van der Waals surface area contributed by atoms with E-state index in [0.29, 0.717) is 10.3 Å². The number of nitro benzene ring substituents is 1. The predicted molar refractivity (Wildman–Crippen MR) is 72.2 cm³/mol. The summed E-state index contributed by atoms with van der Waals surface area (Å²) in [6.07, 6.45) is 0. The molecule has 8 nitrogen and oxygen atoms in total. The number of nitro groups is 1. The molecule has 8 heteroatoms. The number of non-ortho nitro benzene ring substituents is 1. The fourth-order valence-electron chi connectivity index (χ4n) is 1.90. The van der Waals surface area contributed by atoms with Gasteiger partial charge in [0.25, 0.3) is 5.69 Å². The van der Waals surface area contributed by atoms with Crippen molar-refractivity contribution in [1.82, 2.24) is 9.71 Å². The maximum Gasteiger partial charge on any atom is 0.360 e. The van der Waals surface area contributed by atoms with Crippen LogP contribution in [0.4, 0.5) is 5.69 Å². The van der Waals surface area contributed by atoms with Crippen LogP contribution in [0.5, 0.6) is 0 Å². The average molecular weight is 291 g/mol. The van der Waals surface area contributed by atoms with Crippen molar-refractivity contribution < 1.29 is 19.7 Å². The molecule has 0 saturated carbocycles. The Hall–Kier alpha value is -2.90. The van der Waals surface area contributed by atoms with Crippen molar-refractivity contribution >= 4 is 11.7 Å². The predicted octanol–water partition coefficient (Wildman–Crippen LogP) is 2.18. The number of nitrogens with zero attached hydrogens (tertiary/aromatic N) is 3. The first-order chi connectivity index (χ1) is 9.95. The van der Waals surface area contributed by atoms with Crippen LogP contribution < -0.4 is 0 Å². The number of aromatic nitrogens is 2. The highest BCUT2D eigenvalue weighted by Crippen LogP contribution is 2.25. The molecule has 0 radical (unpaired) electrons. The Morgan fingerprint density at radius 2 is 2.24 bits per heavy atom. The number of hydrogen-bond donors (Lipinski definition) is 1. The number of hydrogen-bond acceptors (Lipinski definition) is 6. The van der Waals surface area contributed by atoms with Gasteiger partial charge in [-0.15, -0.1) is 0 Å². The number of benzene rings is 1. The number of aryl methyl sites for hydroxylation is 1. The maximum absolute atomic E-state index is 11.8. The van der Waals surface area contributed by atoms with E-state index in [4.69, 9.17) is 4.74 Å². The van der Waals surface area contributed by atoms with Gasteiger partial charge in [0.1, 0.15) is 0 Å². The molecule has 0 amide bonds. The second-order valence-corrected chi connectivity index (χ2v) is 4.21. The molecule has 110 valence electrons. The van der Waals surface area contributed by atoms with Gasteiger partial charge in [0.2, 0.25) is 0 Å². The molecule has 0 fully saturated rings. The number of esters is 1. The minimum atomic E-state index is -0.707. The van der Waals surface area contributed by atoms with Crippen LogP contribution in [0.1, 0.15) is 23.1 Å². The first-order valence-electron chi connectivity index (χ1n) is 6.16. The molecule has 0 saturated heterocycles. The third kappa shape index (κ3) is 2.69. The van der Waals surface area contributed by atoms with Crippen molar-refractivity contribution in [2.24, 2.45) is 0 Å². The Bertz CT molecular complexity index is 708. The van der Waals surface area contributed by atoms with Gasteiger partial charge in [0.15, 0.2) is 11.5 Å². The van der Waals surface area contributed by atoms with Crippen LogP contribution in [0.3, 0.4) is 0 Å². The van der Waals surface area contributed by atoms with Crippen molar-refractivity contribution in [2.45, 2.75) is 13.8 Å². The summed E-state index contributed by atoms with van der Waals surface area (Å²) in [5, 5.41) is 20.8. The standard InChI is InChI=1S/C13H13N3O5/c1-3-21-13(17)11-8(2)14-12(15(11)18)9-5-4-6-10(7-9)16(19)20/h4-7,18H,3H2,1-2H3.